The van der Waals surface area contributed by atoms with E-state index in [0.29, 0.717) is 6.54 Å². The molecule has 0 aliphatic heterocycles. The van der Waals surface area contributed by atoms with E-state index in [4.69, 9.17) is 5.73 Å². The fraction of sp³-hybridized carbons (Fsp3) is 0.462. The molecule has 0 aliphatic carbocycles. The Hall–Kier alpha value is -1.55. The van der Waals surface area contributed by atoms with Crippen LogP contribution in [0.5, 0.6) is 5.75 Å². The van der Waals surface area contributed by atoms with E-state index < -0.39 is 0 Å². The predicted molar refractivity (Wildman–Crippen MR) is 67.7 cm³/mol. The lowest BCUT2D eigenvalue weighted by Gasteiger charge is -2.27. The van der Waals surface area contributed by atoms with Gasteiger partial charge in [-0.1, -0.05) is 24.6 Å². The van der Waals surface area contributed by atoms with Crippen LogP contribution in [-0.4, -0.2) is 29.0 Å². The first-order chi connectivity index (χ1) is 7.95. The van der Waals surface area contributed by atoms with Crippen molar-refractivity contribution in [2.24, 2.45) is 5.73 Å². The number of carbonyl (C=O) groups is 1. The minimum atomic E-state index is -0.356. The number of aryl methyl sites for hydroxylation is 1. The summed E-state index contributed by atoms with van der Waals surface area (Å²) in [5, 5.41) is 9.84. The molecule has 0 aromatic heterocycles. The van der Waals surface area contributed by atoms with Crippen LogP contribution >= 0.6 is 0 Å². The molecule has 17 heavy (non-hydrogen) atoms. The molecular formula is C13H20N2O2. The average molecular weight is 236 g/mol. The smallest absolute Gasteiger partial charge is 0.231 e. The van der Waals surface area contributed by atoms with Gasteiger partial charge in [-0.3, -0.25) is 9.69 Å². The van der Waals surface area contributed by atoms with Crippen LogP contribution in [0.4, 0.5) is 0 Å². The van der Waals surface area contributed by atoms with Crippen molar-refractivity contribution >= 4 is 5.91 Å². The number of phenols is 1. The van der Waals surface area contributed by atoms with Gasteiger partial charge in [-0.15, -0.1) is 0 Å². The largest absolute Gasteiger partial charge is 0.508 e. The number of hydrogen-bond donors (Lipinski definition) is 2. The fourth-order valence-corrected chi connectivity index (χ4v) is 1.93. The highest BCUT2D eigenvalue weighted by Crippen LogP contribution is 2.28. The van der Waals surface area contributed by atoms with Crippen LogP contribution in [0.25, 0.3) is 0 Å². The van der Waals surface area contributed by atoms with Crippen molar-refractivity contribution in [1.82, 2.24) is 4.90 Å². The number of hydrogen-bond acceptors (Lipinski definition) is 3. The zero-order chi connectivity index (χ0) is 13.0. The minimum absolute atomic E-state index is 0.0348. The van der Waals surface area contributed by atoms with Gasteiger partial charge >= 0.3 is 0 Å². The second kappa shape index (κ2) is 5.68. The number of nitrogens with zero attached hydrogens (tertiary/aromatic N) is 1. The van der Waals surface area contributed by atoms with Crippen molar-refractivity contribution in [3.8, 4) is 5.75 Å². The Morgan fingerprint density at radius 1 is 1.53 bits per heavy atom. The maximum absolute atomic E-state index is 11.0. The maximum Gasteiger partial charge on any atom is 0.231 e. The number of phenolic OH excluding ortho intramolecular Hbond substituents is 1. The van der Waals surface area contributed by atoms with E-state index in [1.807, 2.05) is 37.8 Å². The highest BCUT2D eigenvalue weighted by molar-refractivity contribution is 5.76. The first kappa shape index (κ1) is 13.5. The molecule has 0 fully saturated rings. The number of rotatable bonds is 5. The third kappa shape index (κ3) is 3.46. The monoisotopic (exact) mass is 236 g/mol. The Balaban J connectivity index is 2.96. The Bertz CT molecular complexity index is 404. The number of primary amides is 1. The van der Waals surface area contributed by atoms with Gasteiger partial charge in [-0.05, 0) is 26.5 Å². The van der Waals surface area contributed by atoms with Gasteiger partial charge < -0.3 is 10.8 Å². The van der Waals surface area contributed by atoms with Gasteiger partial charge in [0.1, 0.15) is 5.75 Å². The van der Waals surface area contributed by atoms with E-state index in [2.05, 4.69) is 0 Å². The van der Waals surface area contributed by atoms with Crippen molar-refractivity contribution in [2.45, 2.75) is 26.8 Å². The molecule has 0 radical (unpaired) electrons. The molecule has 1 amide bonds. The van der Waals surface area contributed by atoms with Crippen LogP contribution < -0.4 is 5.73 Å². The number of benzene rings is 1. The predicted octanol–water partition coefficient (Wildman–Crippen LogP) is 1.57. The molecule has 3 N–H and O–H groups in total. The molecule has 1 atom stereocenters. The van der Waals surface area contributed by atoms with Gasteiger partial charge in [0, 0.05) is 11.6 Å². The Morgan fingerprint density at radius 2 is 2.18 bits per heavy atom. The molecule has 0 saturated heterocycles. The molecule has 1 rings (SSSR count). The average Bonchev–Trinajstić information content (AvgIpc) is 2.28. The molecular weight excluding hydrogens is 216 g/mol. The topological polar surface area (TPSA) is 66.6 Å². The number of amides is 1. The standard InChI is InChI=1S/C13H20N2O2/c1-4-15(8-13(14)17)10(3)11-7-9(2)5-6-12(11)16/h5-7,10,16H,4,8H2,1-3H3,(H2,14,17). The molecule has 4 heteroatoms. The van der Waals surface area contributed by atoms with Gasteiger partial charge in [0.25, 0.3) is 0 Å². The highest BCUT2D eigenvalue weighted by atomic mass is 16.3. The lowest BCUT2D eigenvalue weighted by atomic mass is 10.0. The molecule has 0 aliphatic rings. The van der Waals surface area contributed by atoms with E-state index >= 15 is 0 Å². The van der Waals surface area contributed by atoms with E-state index in [1.165, 1.54) is 0 Å². The second-order valence-corrected chi connectivity index (χ2v) is 4.27. The Morgan fingerprint density at radius 3 is 2.71 bits per heavy atom. The molecule has 0 bridgehead atoms. The maximum atomic E-state index is 11.0. The lowest BCUT2D eigenvalue weighted by Crippen LogP contribution is -2.35. The van der Waals surface area contributed by atoms with Crippen molar-refractivity contribution in [3.63, 3.8) is 0 Å². The zero-order valence-electron chi connectivity index (χ0n) is 10.6. The van der Waals surface area contributed by atoms with Crippen LogP contribution in [0, 0.1) is 6.92 Å². The molecule has 0 heterocycles. The summed E-state index contributed by atoms with van der Waals surface area (Å²) in [5.41, 5.74) is 7.12. The van der Waals surface area contributed by atoms with Gasteiger partial charge in [-0.2, -0.15) is 0 Å². The molecule has 1 aromatic rings. The van der Waals surface area contributed by atoms with Gasteiger partial charge in [0.05, 0.1) is 6.54 Å². The minimum Gasteiger partial charge on any atom is -0.508 e. The van der Waals surface area contributed by atoms with Crippen LogP contribution in [0.1, 0.15) is 31.0 Å². The normalized spacial score (nSPS) is 12.7. The third-order valence-electron chi connectivity index (χ3n) is 2.95. The van der Waals surface area contributed by atoms with Crippen LogP contribution in [0.15, 0.2) is 18.2 Å². The second-order valence-electron chi connectivity index (χ2n) is 4.27. The lowest BCUT2D eigenvalue weighted by molar-refractivity contribution is -0.119. The summed E-state index contributed by atoms with van der Waals surface area (Å²) in [6, 6.07) is 5.44. The van der Waals surface area contributed by atoms with E-state index in [1.54, 1.807) is 6.07 Å². The van der Waals surface area contributed by atoms with E-state index in [0.717, 1.165) is 11.1 Å². The van der Waals surface area contributed by atoms with Crippen molar-refractivity contribution < 1.29 is 9.90 Å². The molecule has 94 valence electrons. The fourth-order valence-electron chi connectivity index (χ4n) is 1.93. The summed E-state index contributed by atoms with van der Waals surface area (Å²) in [7, 11) is 0. The first-order valence-electron chi connectivity index (χ1n) is 5.77. The van der Waals surface area contributed by atoms with Gasteiger partial charge in [0.2, 0.25) is 5.91 Å². The molecule has 0 saturated carbocycles. The summed E-state index contributed by atoms with van der Waals surface area (Å²) in [5.74, 6) is -0.100. The summed E-state index contributed by atoms with van der Waals surface area (Å²) in [6.07, 6.45) is 0. The first-order valence-corrected chi connectivity index (χ1v) is 5.77. The zero-order valence-corrected chi connectivity index (χ0v) is 10.6. The van der Waals surface area contributed by atoms with E-state index in [9.17, 15) is 9.90 Å². The van der Waals surface area contributed by atoms with Gasteiger partial charge in [-0.25, -0.2) is 0 Å². The number of aromatic hydroxyl groups is 1. The molecule has 0 spiro atoms. The van der Waals surface area contributed by atoms with Crippen molar-refractivity contribution in [2.75, 3.05) is 13.1 Å². The van der Waals surface area contributed by atoms with E-state index in [-0.39, 0.29) is 24.2 Å². The van der Waals surface area contributed by atoms with Crippen LogP contribution in [0.2, 0.25) is 0 Å². The SMILES string of the molecule is CCN(CC(N)=O)C(C)c1cc(C)ccc1O. The summed E-state index contributed by atoms with van der Waals surface area (Å²) < 4.78 is 0. The number of carbonyl (C=O) groups excluding carboxylic acids is 1. The number of nitrogens with two attached hydrogens (primary N) is 1. The number of likely N-dealkylation sites (N-methyl/N-ethyl adjacent to an activating group) is 1. The molecule has 1 unspecified atom stereocenters. The highest BCUT2D eigenvalue weighted by Gasteiger charge is 2.18. The van der Waals surface area contributed by atoms with Crippen molar-refractivity contribution in [1.29, 1.82) is 0 Å². The Labute approximate surface area is 102 Å². The summed E-state index contributed by atoms with van der Waals surface area (Å²) in [4.78, 5) is 12.9. The van der Waals surface area contributed by atoms with Crippen LogP contribution in [0.3, 0.4) is 0 Å². The molecule has 1 aromatic carbocycles. The van der Waals surface area contributed by atoms with Gasteiger partial charge in [0.15, 0.2) is 0 Å². The van der Waals surface area contributed by atoms with Crippen LogP contribution in [-0.2, 0) is 4.79 Å². The Kier molecular flexibility index (Phi) is 4.52. The summed E-state index contributed by atoms with van der Waals surface area (Å²) >= 11 is 0. The van der Waals surface area contributed by atoms with Crippen molar-refractivity contribution in [3.05, 3.63) is 29.3 Å². The third-order valence-corrected chi connectivity index (χ3v) is 2.95. The summed E-state index contributed by atoms with van der Waals surface area (Å²) in [6.45, 7) is 6.80. The molecule has 4 nitrogen and oxygen atoms in total. The quantitative estimate of drug-likeness (QED) is 0.815.